The fourth-order valence-corrected chi connectivity index (χ4v) is 5.88. The number of fused-ring (bicyclic) bond motifs is 1. The van der Waals surface area contributed by atoms with Gasteiger partial charge in [0.1, 0.15) is 0 Å². The number of aryl methyl sites for hydroxylation is 2. The van der Waals surface area contributed by atoms with Crippen molar-refractivity contribution in [3.8, 4) is 17.2 Å². The minimum atomic E-state index is -3.10. The Bertz CT molecular complexity index is 974. The number of benzene rings is 3. The number of hydrogen-bond acceptors (Lipinski definition) is 4. The Labute approximate surface area is 159 Å². The van der Waals surface area contributed by atoms with E-state index >= 15 is 0 Å². The number of hydrogen-bond donors (Lipinski definition) is 0. The van der Waals surface area contributed by atoms with Crippen molar-refractivity contribution in [2.24, 2.45) is 0 Å². The number of ether oxygens (including phenoxy) is 3. The molecule has 0 saturated heterocycles. The standard InChI is InChI=1S/C22H21O4P/c1-15-4-8-17(9-5-15)27(23,18-10-6-16(2)7-11-18)19-12-20(24-3)22-21(13-19)25-14-26-22/h4-13H,14H2,1-3H3. The van der Waals surface area contributed by atoms with Crippen LogP contribution in [0.25, 0.3) is 0 Å². The van der Waals surface area contributed by atoms with E-state index in [1.54, 1.807) is 13.2 Å². The van der Waals surface area contributed by atoms with Crippen LogP contribution in [-0.4, -0.2) is 13.9 Å². The molecule has 4 rings (SSSR count). The maximum Gasteiger partial charge on any atom is 0.231 e. The second-order valence-corrected chi connectivity index (χ2v) is 9.43. The van der Waals surface area contributed by atoms with Crippen molar-refractivity contribution in [3.05, 3.63) is 71.8 Å². The van der Waals surface area contributed by atoms with Crippen molar-refractivity contribution in [1.82, 2.24) is 0 Å². The SMILES string of the molecule is COc1cc(P(=O)(c2ccc(C)cc2)c2ccc(C)cc2)cc2c1OCO2. The fourth-order valence-electron chi connectivity index (χ4n) is 3.25. The predicted octanol–water partition coefficient (Wildman–Crippen LogP) is 3.68. The van der Waals surface area contributed by atoms with E-state index in [9.17, 15) is 4.57 Å². The first kappa shape index (κ1) is 17.7. The number of rotatable bonds is 4. The molecule has 1 aliphatic rings. The van der Waals surface area contributed by atoms with E-state index in [1.165, 1.54) is 0 Å². The third-order valence-corrected chi connectivity index (χ3v) is 7.84. The quantitative estimate of drug-likeness (QED) is 0.648. The summed E-state index contributed by atoms with van der Waals surface area (Å²) in [6.45, 7) is 4.17. The molecule has 0 atom stereocenters. The van der Waals surface area contributed by atoms with Gasteiger partial charge >= 0.3 is 0 Å². The largest absolute Gasteiger partial charge is 0.493 e. The summed E-state index contributed by atoms with van der Waals surface area (Å²) in [5, 5.41) is 2.21. The van der Waals surface area contributed by atoms with E-state index in [2.05, 4.69) is 0 Å². The molecule has 0 fully saturated rings. The summed E-state index contributed by atoms with van der Waals surface area (Å²) in [5.74, 6) is 1.64. The van der Waals surface area contributed by atoms with Gasteiger partial charge < -0.3 is 18.8 Å². The molecular weight excluding hydrogens is 359 g/mol. The summed E-state index contributed by atoms with van der Waals surface area (Å²) >= 11 is 0. The lowest BCUT2D eigenvalue weighted by atomic mass is 10.2. The van der Waals surface area contributed by atoms with Gasteiger partial charge in [0.2, 0.25) is 12.5 Å². The molecule has 27 heavy (non-hydrogen) atoms. The molecule has 3 aromatic carbocycles. The Hall–Kier alpha value is -2.71. The smallest absolute Gasteiger partial charge is 0.231 e. The maximum atomic E-state index is 14.6. The third-order valence-electron chi connectivity index (χ3n) is 4.80. The lowest BCUT2D eigenvalue weighted by Crippen LogP contribution is -2.25. The fraction of sp³-hybridized carbons (Fsp3) is 0.182. The van der Waals surface area contributed by atoms with Gasteiger partial charge in [0.25, 0.3) is 0 Å². The molecule has 0 aromatic heterocycles. The highest BCUT2D eigenvalue weighted by atomic mass is 31.2. The van der Waals surface area contributed by atoms with Crippen LogP contribution < -0.4 is 30.1 Å². The van der Waals surface area contributed by atoms with Crippen LogP contribution in [0.15, 0.2) is 60.7 Å². The van der Waals surface area contributed by atoms with Crippen molar-refractivity contribution < 1.29 is 18.8 Å². The second-order valence-electron chi connectivity index (χ2n) is 6.66. The highest BCUT2D eigenvalue weighted by Gasteiger charge is 2.33. The zero-order valence-corrected chi connectivity index (χ0v) is 16.5. The van der Waals surface area contributed by atoms with Crippen molar-refractivity contribution in [1.29, 1.82) is 0 Å². The topological polar surface area (TPSA) is 44.8 Å². The molecule has 0 amide bonds. The minimum Gasteiger partial charge on any atom is -0.493 e. The average molecular weight is 380 g/mol. The van der Waals surface area contributed by atoms with E-state index in [4.69, 9.17) is 14.2 Å². The first-order valence-corrected chi connectivity index (χ1v) is 10.5. The highest BCUT2D eigenvalue weighted by Crippen LogP contribution is 2.48. The van der Waals surface area contributed by atoms with E-state index in [-0.39, 0.29) is 6.79 Å². The van der Waals surface area contributed by atoms with E-state index in [0.29, 0.717) is 22.6 Å². The van der Waals surface area contributed by atoms with Crippen molar-refractivity contribution in [2.45, 2.75) is 13.8 Å². The van der Waals surface area contributed by atoms with Crippen LogP contribution in [0.2, 0.25) is 0 Å². The third kappa shape index (κ3) is 3.00. The normalized spacial score (nSPS) is 12.9. The summed E-state index contributed by atoms with van der Waals surface area (Å²) in [5.41, 5.74) is 2.25. The lowest BCUT2D eigenvalue weighted by Gasteiger charge is -2.21. The molecular formula is C22H21O4P. The van der Waals surface area contributed by atoms with Gasteiger partial charge in [-0.15, -0.1) is 0 Å². The Kier molecular flexibility index (Phi) is 4.45. The highest BCUT2D eigenvalue weighted by molar-refractivity contribution is 7.85. The van der Waals surface area contributed by atoms with E-state index in [0.717, 1.165) is 21.7 Å². The average Bonchev–Trinajstić information content (AvgIpc) is 3.16. The van der Waals surface area contributed by atoms with E-state index in [1.807, 2.05) is 68.4 Å². The van der Waals surface area contributed by atoms with Crippen LogP contribution in [0.5, 0.6) is 17.2 Å². The molecule has 0 radical (unpaired) electrons. The molecule has 0 unspecified atom stereocenters. The first-order chi connectivity index (χ1) is 13.0. The van der Waals surface area contributed by atoms with Crippen molar-refractivity contribution in [3.63, 3.8) is 0 Å². The predicted molar refractivity (Wildman–Crippen MR) is 108 cm³/mol. The maximum absolute atomic E-state index is 14.6. The second kappa shape index (κ2) is 6.79. The van der Waals surface area contributed by atoms with Gasteiger partial charge in [0.05, 0.1) is 7.11 Å². The minimum absolute atomic E-state index is 0.133. The summed E-state index contributed by atoms with van der Waals surface area (Å²) in [6.07, 6.45) is 0. The van der Waals surface area contributed by atoms with Gasteiger partial charge in [-0.1, -0.05) is 59.7 Å². The van der Waals surface area contributed by atoms with E-state index < -0.39 is 7.14 Å². The Morgan fingerprint density at radius 2 is 1.37 bits per heavy atom. The van der Waals surface area contributed by atoms with Crippen molar-refractivity contribution in [2.75, 3.05) is 13.9 Å². The lowest BCUT2D eigenvalue weighted by molar-refractivity contribution is 0.171. The van der Waals surface area contributed by atoms with Crippen LogP contribution in [0.1, 0.15) is 11.1 Å². The summed E-state index contributed by atoms with van der Waals surface area (Å²) in [4.78, 5) is 0. The molecule has 0 bridgehead atoms. The molecule has 138 valence electrons. The molecule has 3 aromatic rings. The summed E-state index contributed by atoms with van der Waals surface area (Å²) < 4.78 is 31.1. The van der Waals surface area contributed by atoms with Gasteiger partial charge in [0.15, 0.2) is 18.6 Å². The molecule has 1 aliphatic heterocycles. The molecule has 0 N–H and O–H groups in total. The monoisotopic (exact) mass is 380 g/mol. The van der Waals surface area contributed by atoms with Gasteiger partial charge in [-0.05, 0) is 26.0 Å². The summed E-state index contributed by atoms with van der Waals surface area (Å²) in [7, 11) is -1.53. The summed E-state index contributed by atoms with van der Waals surface area (Å²) in [6, 6.07) is 19.3. The van der Waals surface area contributed by atoms with Crippen molar-refractivity contribution >= 4 is 23.1 Å². The molecule has 5 heteroatoms. The van der Waals surface area contributed by atoms with Gasteiger partial charge in [-0.25, -0.2) is 0 Å². The zero-order valence-electron chi connectivity index (χ0n) is 15.6. The molecule has 4 nitrogen and oxygen atoms in total. The Morgan fingerprint density at radius 1 is 0.815 bits per heavy atom. The zero-order chi connectivity index (χ0) is 19.0. The van der Waals surface area contributed by atoms with Gasteiger partial charge in [-0.2, -0.15) is 0 Å². The molecule has 0 spiro atoms. The van der Waals surface area contributed by atoms with Gasteiger partial charge in [0, 0.05) is 15.9 Å². The number of methoxy groups -OCH3 is 1. The van der Waals surface area contributed by atoms with Crippen LogP contribution in [0, 0.1) is 13.8 Å². The Morgan fingerprint density at radius 3 is 1.89 bits per heavy atom. The van der Waals surface area contributed by atoms with Crippen LogP contribution in [0.4, 0.5) is 0 Å². The van der Waals surface area contributed by atoms with Gasteiger partial charge in [-0.3, -0.25) is 0 Å². The van der Waals surface area contributed by atoms with Crippen LogP contribution in [-0.2, 0) is 4.57 Å². The molecule has 0 saturated carbocycles. The van der Waals surface area contributed by atoms with Crippen LogP contribution in [0.3, 0.4) is 0 Å². The van der Waals surface area contributed by atoms with Crippen LogP contribution >= 0.6 is 7.14 Å². The molecule has 0 aliphatic carbocycles. The molecule has 1 heterocycles. The first-order valence-electron chi connectivity index (χ1n) is 8.75. The Balaban J connectivity index is 1.98.